The monoisotopic (exact) mass is 253 g/mol. The first kappa shape index (κ1) is 11.4. The van der Waals surface area contributed by atoms with Gasteiger partial charge in [-0.3, -0.25) is 4.79 Å². The molecular formula is C10H11N3OS2. The first-order valence-electron chi connectivity index (χ1n) is 4.70. The van der Waals surface area contributed by atoms with Crippen molar-refractivity contribution in [2.24, 2.45) is 11.5 Å². The Hall–Kier alpha value is -1.11. The highest BCUT2D eigenvalue weighted by molar-refractivity contribution is 8.01. The Bertz CT molecular complexity index is 478. The van der Waals surface area contributed by atoms with Gasteiger partial charge in [0.1, 0.15) is 0 Å². The van der Waals surface area contributed by atoms with E-state index in [1.165, 1.54) is 11.8 Å². The van der Waals surface area contributed by atoms with Gasteiger partial charge in [0.05, 0.1) is 16.3 Å². The standard InChI is InChI=1S/C10H11N3OS2/c11-6(9(12)14)5-15-10-13-7-3-1-2-4-8(7)16-10/h1-4,6H,5,11H2,(H2,12,14). The predicted octanol–water partition coefficient (Wildman–Crippen LogP) is 1.20. The molecule has 0 aliphatic heterocycles. The number of nitrogens with zero attached hydrogens (tertiary/aromatic N) is 1. The molecular weight excluding hydrogens is 242 g/mol. The summed E-state index contributed by atoms with van der Waals surface area (Å²) in [5.74, 6) is -0.0107. The lowest BCUT2D eigenvalue weighted by Crippen LogP contribution is -2.38. The van der Waals surface area contributed by atoms with Crippen LogP contribution >= 0.6 is 23.1 Å². The zero-order chi connectivity index (χ0) is 11.5. The van der Waals surface area contributed by atoms with E-state index in [4.69, 9.17) is 11.5 Å². The molecule has 0 saturated heterocycles. The highest BCUT2D eigenvalue weighted by Gasteiger charge is 2.11. The van der Waals surface area contributed by atoms with Gasteiger partial charge in [-0.15, -0.1) is 11.3 Å². The molecule has 1 amide bonds. The lowest BCUT2D eigenvalue weighted by Gasteiger charge is -2.03. The number of rotatable bonds is 4. The van der Waals surface area contributed by atoms with Crippen LogP contribution in [0.25, 0.3) is 10.2 Å². The van der Waals surface area contributed by atoms with Crippen molar-refractivity contribution >= 4 is 39.2 Å². The van der Waals surface area contributed by atoms with Crippen LogP contribution in [0.15, 0.2) is 28.6 Å². The summed E-state index contributed by atoms with van der Waals surface area (Å²) >= 11 is 3.06. The Kier molecular flexibility index (Phi) is 3.42. The number of carbonyl (C=O) groups is 1. The zero-order valence-electron chi connectivity index (χ0n) is 8.42. The molecule has 0 aliphatic carbocycles. The van der Waals surface area contributed by atoms with E-state index in [0.29, 0.717) is 5.75 Å². The van der Waals surface area contributed by atoms with Gasteiger partial charge in [-0.25, -0.2) is 4.98 Å². The quantitative estimate of drug-likeness (QED) is 0.802. The van der Waals surface area contributed by atoms with Gasteiger partial charge in [-0.2, -0.15) is 0 Å². The molecule has 1 aromatic heterocycles. The van der Waals surface area contributed by atoms with Crippen molar-refractivity contribution in [3.8, 4) is 0 Å². The molecule has 0 bridgehead atoms. The third-order valence-corrected chi connectivity index (χ3v) is 4.32. The Morgan fingerprint density at radius 3 is 2.94 bits per heavy atom. The number of para-hydroxylation sites is 1. The number of benzene rings is 1. The van der Waals surface area contributed by atoms with Crippen molar-refractivity contribution in [3.63, 3.8) is 0 Å². The second kappa shape index (κ2) is 4.82. The summed E-state index contributed by atoms with van der Waals surface area (Å²) in [5, 5.41) is 0. The molecule has 1 atom stereocenters. The maximum atomic E-state index is 10.8. The lowest BCUT2D eigenvalue weighted by atomic mass is 10.3. The number of aromatic nitrogens is 1. The number of thiazole rings is 1. The van der Waals surface area contributed by atoms with Crippen LogP contribution in [-0.2, 0) is 4.79 Å². The maximum absolute atomic E-state index is 10.8. The highest BCUT2D eigenvalue weighted by Crippen LogP contribution is 2.29. The number of hydrogen-bond acceptors (Lipinski definition) is 5. The van der Waals surface area contributed by atoms with Crippen LogP contribution in [0.2, 0.25) is 0 Å². The number of nitrogens with two attached hydrogens (primary N) is 2. The molecule has 84 valence electrons. The van der Waals surface area contributed by atoms with Crippen LogP contribution in [0.1, 0.15) is 0 Å². The number of hydrogen-bond donors (Lipinski definition) is 2. The fourth-order valence-corrected chi connectivity index (χ4v) is 3.21. The second-order valence-electron chi connectivity index (χ2n) is 3.27. The van der Waals surface area contributed by atoms with Gasteiger partial charge >= 0.3 is 0 Å². The van der Waals surface area contributed by atoms with Gasteiger partial charge in [-0.1, -0.05) is 23.9 Å². The van der Waals surface area contributed by atoms with E-state index in [1.807, 2.05) is 24.3 Å². The third-order valence-electron chi connectivity index (χ3n) is 2.03. The first-order valence-corrected chi connectivity index (χ1v) is 6.50. The SMILES string of the molecule is NC(=O)C(N)CSc1nc2ccccc2s1. The van der Waals surface area contributed by atoms with Crippen molar-refractivity contribution in [3.05, 3.63) is 24.3 Å². The Morgan fingerprint density at radius 2 is 2.25 bits per heavy atom. The minimum atomic E-state index is -0.614. The summed E-state index contributed by atoms with van der Waals surface area (Å²) in [6.45, 7) is 0. The number of fused-ring (bicyclic) bond motifs is 1. The van der Waals surface area contributed by atoms with Gasteiger partial charge in [0.2, 0.25) is 5.91 Å². The number of amides is 1. The van der Waals surface area contributed by atoms with Crippen LogP contribution in [0.4, 0.5) is 0 Å². The molecule has 4 nitrogen and oxygen atoms in total. The van der Waals surface area contributed by atoms with Crippen molar-refractivity contribution < 1.29 is 4.79 Å². The molecule has 4 N–H and O–H groups in total. The van der Waals surface area contributed by atoms with Crippen LogP contribution in [0, 0.1) is 0 Å². The van der Waals surface area contributed by atoms with E-state index in [0.717, 1.165) is 14.6 Å². The van der Waals surface area contributed by atoms with Crippen LogP contribution in [0.5, 0.6) is 0 Å². The smallest absolute Gasteiger partial charge is 0.235 e. The normalized spacial score (nSPS) is 12.8. The van der Waals surface area contributed by atoms with Gasteiger partial charge < -0.3 is 11.5 Å². The molecule has 0 spiro atoms. The summed E-state index contributed by atoms with van der Waals surface area (Å²) < 4.78 is 2.05. The minimum Gasteiger partial charge on any atom is -0.368 e. The maximum Gasteiger partial charge on any atom is 0.235 e. The largest absolute Gasteiger partial charge is 0.368 e. The van der Waals surface area contributed by atoms with Crippen molar-refractivity contribution in [2.75, 3.05) is 5.75 Å². The summed E-state index contributed by atoms with van der Waals surface area (Å²) in [6, 6.07) is 7.29. The Labute approximate surface area is 101 Å². The highest BCUT2D eigenvalue weighted by atomic mass is 32.2. The molecule has 1 heterocycles. The Morgan fingerprint density at radius 1 is 1.50 bits per heavy atom. The first-order chi connectivity index (χ1) is 7.66. The zero-order valence-corrected chi connectivity index (χ0v) is 10.1. The van der Waals surface area contributed by atoms with Crippen molar-refractivity contribution in [1.82, 2.24) is 4.98 Å². The van der Waals surface area contributed by atoms with Crippen molar-refractivity contribution in [2.45, 2.75) is 10.4 Å². The molecule has 2 rings (SSSR count). The van der Waals surface area contributed by atoms with E-state index < -0.39 is 11.9 Å². The summed E-state index contributed by atoms with van der Waals surface area (Å²) in [4.78, 5) is 15.2. The van der Waals surface area contributed by atoms with E-state index >= 15 is 0 Å². The van der Waals surface area contributed by atoms with Crippen molar-refractivity contribution in [1.29, 1.82) is 0 Å². The van der Waals surface area contributed by atoms with Gasteiger partial charge in [0.25, 0.3) is 0 Å². The number of thioether (sulfide) groups is 1. The van der Waals surface area contributed by atoms with E-state index in [9.17, 15) is 4.79 Å². The van der Waals surface area contributed by atoms with Gasteiger partial charge in [0.15, 0.2) is 4.34 Å². The van der Waals surface area contributed by atoms with Crippen LogP contribution < -0.4 is 11.5 Å². The minimum absolute atomic E-state index is 0.467. The number of primary amides is 1. The molecule has 0 fully saturated rings. The molecule has 1 unspecified atom stereocenters. The van der Waals surface area contributed by atoms with E-state index in [2.05, 4.69) is 4.98 Å². The summed E-state index contributed by atoms with van der Waals surface area (Å²) in [6.07, 6.45) is 0. The molecule has 2 aromatic rings. The van der Waals surface area contributed by atoms with Crippen LogP contribution in [0.3, 0.4) is 0 Å². The summed E-state index contributed by atoms with van der Waals surface area (Å²) in [5.41, 5.74) is 11.6. The average Bonchev–Trinajstić information content (AvgIpc) is 2.68. The molecule has 0 aliphatic rings. The lowest BCUT2D eigenvalue weighted by molar-refractivity contribution is -0.118. The van der Waals surface area contributed by atoms with Crippen LogP contribution in [-0.4, -0.2) is 22.7 Å². The topological polar surface area (TPSA) is 82.0 Å². The molecule has 0 saturated carbocycles. The molecule has 6 heteroatoms. The third kappa shape index (κ3) is 2.52. The summed E-state index contributed by atoms with van der Waals surface area (Å²) in [7, 11) is 0. The Balaban J connectivity index is 2.07. The number of carbonyl (C=O) groups excluding carboxylic acids is 1. The van der Waals surface area contributed by atoms with Gasteiger partial charge in [0, 0.05) is 5.75 Å². The molecule has 16 heavy (non-hydrogen) atoms. The van der Waals surface area contributed by atoms with E-state index in [-0.39, 0.29) is 0 Å². The molecule has 0 radical (unpaired) electrons. The fraction of sp³-hybridized carbons (Fsp3) is 0.200. The molecule has 1 aromatic carbocycles. The predicted molar refractivity (Wildman–Crippen MR) is 67.5 cm³/mol. The van der Waals surface area contributed by atoms with E-state index in [1.54, 1.807) is 11.3 Å². The average molecular weight is 253 g/mol. The second-order valence-corrected chi connectivity index (χ2v) is 5.57. The fourth-order valence-electron chi connectivity index (χ4n) is 1.16. The van der Waals surface area contributed by atoms with Gasteiger partial charge in [-0.05, 0) is 12.1 Å².